The predicted octanol–water partition coefficient (Wildman–Crippen LogP) is 2.48. The lowest BCUT2D eigenvalue weighted by Crippen LogP contribution is -2.17. The van der Waals surface area contributed by atoms with Crippen molar-refractivity contribution in [2.45, 2.75) is 37.2 Å². The minimum atomic E-state index is -0.210. The third-order valence-corrected chi connectivity index (χ3v) is 4.06. The SMILES string of the molecule is CCCn1c(S[C@H](C)c2nc(-c3ccco3)no2)n[nH]c1=O. The summed E-state index contributed by atoms with van der Waals surface area (Å²) in [4.78, 5) is 16.0. The summed E-state index contributed by atoms with van der Waals surface area (Å²) in [5.41, 5.74) is -0.210. The average Bonchev–Trinajstić information content (AvgIpc) is 3.22. The molecule has 0 aromatic carbocycles. The zero-order valence-corrected chi connectivity index (χ0v) is 13.0. The highest BCUT2D eigenvalue weighted by Crippen LogP contribution is 2.33. The number of furan rings is 1. The number of H-pyrrole nitrogens is 1. The van der Waals surface area contributed by atoms with Crippen LogP contribution in [-0.4, -0.2) is 24.9 Å². The summed E-state index contributed by atoms with van der Waals surface area (Å²) in [5.74, 6) is 1.41. The molecule has 0 fully saturated rings. The van der Waals surface area contributed by atoms with Gasteiger partial charge in [-0.05, 0) is 25.5 Å². The smallest absolute Gasteiger partial charge is 0.343 e. The summed E-state index contributed by atoms with van der Waals surface area (Å²) in [6.45, 7) is 4.54. The first-order valence-electron chi connectivity index (χ1n) is 6.88. The van der Waals surface area contributed by atoms with Crippen LogP contribution < -0.4 is 5.69 Å². The van der Waals surface area contributed by atoms with Crippen molar-refractivity contribution < 1.29 is 8.94 Å². The van der Waals surface area contributed by atoms with Gasteiger partial charge in [-0.25, -0.2) is 9.89 Å². The van der Waals surface area contributed by atoms with Crippen LogP contribution in [0.2, 0.25) is 0 Å². The second-order valence-electron chi connectivity index (χ2n) is 4.66. The maximum atomic E-state index is 11.7. The van der Waals surface area contributed by atoms with E-state index in [1.165, 1.54) is 11.8 Å². The van der Waals surface area contributed by atoms with Gasteiger partial charge >= 0.3 is 5.69 Å². The Balaban J connectivity index is 1.78. The zero-order chi connectivity index (χ0) is 15.5. The van der Waals surface area contributed by atoms with Gasteiger partial charge in [0.2, 0.25) is 11.7 Å². The van der Waals surface area contributed by atoms with E-state index in [-0.39, 0.29) is 10.9 Å². The van der Waals surface area contributed by atoms with Crippen molar-refractivity contribution >= 4 is 11.8 Å². The van der Waals surface area contributed by atoms with Crippen molar-refractivity contribution in [2.24, 2.45) is 0 Å². The molecule has 3 heterocycles. The molecule has 22 heavy (non-hydrogen) atoms. The van der Waals surface area contributed by atoms with Crippen LogP contribution in [0.15, 0.2) is 37.3 Å². The van der Waals surface area contributed by atoms with Gasteiger partial charge < -0.3 is 8.94 Å². The molecule has 0 spiro atoms. The lowest BCUT2D eigenvalue weighted by molar-refractivity contribution is 0.379. The van der Waals surface area contributed by atoms with E-state index < -0.39 is 0 Å². The van der Waals surface area contributed by atoms with Gasteiger partial charge in [0.05, 0.1) is 11.5 Å². The van der Waals surface area contributed by atoms with Gasteiger partial charge in [-0.3, -0.25) is 4.57 Å². The third kappa shape index (κ3) is 2.84. The van der Waals surface area contributed by atoms with Crippen LogP contribution in [0.25, 0.3) is 11.6 Å². The van der Waals surface area contributed by atoms with Crippen LogP contribution in [0.5, 0.6) is 0 Å². The Morgan fingerprint density at radius 2 is 2.36 bits per heavy atom. The largest absolute Gasteiger partial charge is 0.461 e. The molecular weight excluding hydrogens is 306 g/mol. The first-order chi connectivity index (χ1) is 10.7. The molecule has 3 aromatic heterocycles. The number of nitrogens with one attached hydrogen (secondary N) is 1. The lowest BCUT2D eigenvalue weighted by Gasteiger charge is -2.06. The number of hydrogen-bond donors (Lipinski definition) is 1. The topological polar surface area (TPSA) is 103 Å². The molecule has 3 rings (SSSR count). The molecule has 116 valence electrons. The Bertz CT molecular complexity index is 789. The van der Waals surface area contributed by atoms with E-state index in [4.69, 9.17) is 8.94 Å². The van der Waals surface area contributed by atoms with Gasteiger partial charge in [-0.2, -0.15) is 4.98 Å². The van der Waals surface area contributed by atoms with E-state index in [0.717, 1.165) is 6.42 Å². The monoisotopic (exact) mass is 321 g/mol. The quantitative estimate of drug-likeness (QED) is 0.696. The Kier molecular flexibility index (Phi) is 4.14. The van der Waals surface area contributed by atoms with Gasteiger partial charge in [0.25, 0.3) is 0 Å². The summed E-state index contributed by atoms with van der Waals surface area (Å²) in [6.07, 6.45) is 2.40. The van der Waals surface area contributed by atoms with Crippen molar-refractivity contribution in [3.05, 3.63) is 34.8 Å². The second kappa shape index (κ2) is 6.22. The molecule has 0 amide bonds. The molecular formula is C13H15N5O3S. The lowest BCUT2D eigenvalue weighted by atomic mass is 10.4. The number of nitrogens with zero attached hydrogens (tertiary/aromatic N) is 4. The molecule has 0 unspecified atom stereocenters. The van der Waals surface area contributed by atoms with Crippen molar-refractivity contribution in [3.8, 4) is 11.6 Å². The minimum Gasteiger partial charge on any atom is -0.461 e. The van der Waals surface area contributed by atoms with Crippen LogP contribution in [0.3, 0.4) is 0 Å². The highest BCUT2D eigenvalue weighted by atomic mass is 32.2. The van der Waals surface area contributed by atoms with Gasteiger partial charge in [0.15, 0.2) is 10.9 Å². The van der Waals surface area contributed by atoms with Crippen LogP contribution in [0, 0.1) is 0 Å². The van der Waals surface area contributed by atoms with E-state index >= 15 is 0 Å². The molecule has 0 aliphatic rings. The normalized spacial score (nSPS) is 12.6. The molecule has 0 bridgehead atoms. The van der Waals surface area contributed by atoms with Gasteiger partial charge in [-0.1, -0.05) is 23.8 Å². The fourth-order valence-electron chi connectivity index (χ4n) is 1.93. The van der Waals surface area contributed by atoms with Crippen molar-refractivity contribution in [1.82, 2.24) is 24.9 Å². The molecule has 9 heteroatoms. The first kappa shape index (κ1) is 14.6. The molecule has 0 radical (unpaired) electrons. The molecule has 0 aliphatic carbocycles. The molecule has 1 N–H and O–H groups in total. The van der Waals surface area contributed by atoms with Crippen LogP contribution in [0.1, 0.15) is 31.4 Å². The third-order valence-electron chi connectivity index (χ3n) is 2.98. The van der Waals surface area contributed by atoms with E-state index in [1.54, 1.807) is 23.0 Å². The molecule has 0 saturated carbocycles. The summed E-state index contributed by atoms with van der Waals surface area (Å²) in [6, 6.07) is 3.52. The number of rotatable bonds is 6. The van der Waals surface area contributed by atoms with Gasteiger partial charge in [0, 0.05) is 6.54 Å². The minimum absolute atomic E-state index is 0.137. The maximum absolute atomic E-state index is 11.7. The van der Waals surface area contributed by atoms with E-state index in [1.807, 2.05) is 13.8 Å². The fourth-order valence-corrected chi connectivity index (χ4v) is 2.84. The fraction of sp³-hybridized carbons (Fsp3) is 0.385. The summed E-state index contributed by atoms with van der Waals surface area (Å²) < 4.78 is 12.1. The van der Waals surface area contributed by atoms with Crippen LogP contribution >= 0.6 is 11.8 Å². The molecule has 8 nitrogen and oxygen atoms in total. The Morgan fingerprint density at radius 3 is 3.09 bits per heavy atom. The number of thioether (sulfide) groups is 1. The molecule has 3 aromatic rings. The van der Waals surface area contributed by atoms with Crippen molar-refractivity contribution in [2.75, 3.05) is 0 Å². The average molecular weight is 321 g/mol. The van der Waals surface area contributed by atoms with E-state index in [0.29, 0.717) is 29.2 Å². The summed E-state index contributed by atoms with van der Waals surface area (Å²) in [5, 5.41) is 10.9. The van der Waals surface area contributed by atoms with Gasteiger partial charge in [-0.15, -0.1) is 5.10 Å². The second-order valence-corrected chi connectivity index (χ2v) is 5.96. The molecule has 1 atom stereocenters. The zero-order valence-electron chi connectivity index (χ0n) is 12.1. The van der Waals surface area contributed by atoms with E-state index in [2.05, 4.69) is 20.3 Å². The van der Waals surface area contributed by atoms with Crippen LogP contribution in [-0.2, 0) is 6.54 Å². The summed E-state index contributed by atoms with van der Waals surface area (Å²) in [7, 11) is 0. The Hall–Kier alpha value is -2.29. The van der Waals surface area contributed by atoms with E-state index in [9.17, 15) is 4.79 Å². The standard InChI is InChI=1S/C13H15N5O3S/c1-3-6-18-12(19)15-16-13(18)22-8(2)11-14-10(17-21-11)9-5-4-7-20-9/h4-5,7-8H,3,6H2,1-2H3,(H,15,19)/t8-/m1/s1. The van der Waals surface area contributed by atoms with Gasteiger partial charge in [0.1, 0.15) is 0 Å². The Morgan fingerprint density at radius 1 is 1.50 bits per heavy atom. The maximum Gasteiger partial charge on any atom is 0.343 e. The van der Waals surface area contributed by atoms with Crippen molar-refractivity contribution in [3.63, 3.8) is 0 Å². The molecule has 0 aliphatic heterocycles. The number of aromatic nitrogens is 5. The number of aromatic amines is 1. The predicted molar refractivity (Wildman–Crippen MR) is 79.4 cm³/mol. The summed E-state index contributed by atoms with van der Waals surface area (Å²) >= 11 is 1.39. The highest BCUT2D eigenvalue weighted by molar-refractivity contribution is 7.99. The first-order valence-corrected chi connectivity index (χ1v) is 7.76. The van der Waals surface area contributed by atoms with Crippen LogP contribution in [0.4, 0.5) is 0 Å². The van der Waals surface area contributed by atoms with Crippen molar-refractivity contribution in [1.29, 1.82) is 0 Å². The number of hydrogen-bond acceptors (Lipinski definition) is 7. The highest BCUT2D eigenvalue weighted by Gasteiger charge is 2.20. The molecule has 0 saturated heterocycles. The Labute approximate surface area is 129 Å².